The van der Waals surface area contributed by atoms with E-state index in [4.69, 9.17) is 16.6 Å². The number of halogens is 1. The number of para-hydroxylation sites is 2. The van der Waals surface area contributed by atoms with Gasteiger partial charge in [0, 0.05) is 25.7 Å². The Bertz CT molecular complexity index is 1600. The van der Waals surface area contributed by atoms with Gasteiger partial charge in [-0.15, -0.1) is 11.3 Å². The fraction of sp³-hybridized carbons (Fsp3) is 0.231. The maximum Gasteiger partial charge on any atom is 0.263 e. The van der Waals surface area contributed by atoms with E-state index in [2.05, 4.69) is 9.97 Å². The Kier molecular flexibility index (Phi) is 6.87. The van der Waals surface area contributed by atoms with Crippen LogP contribution in [0.25, 0.3) is 21.3 Å². The molecule has 2 aromatic carbocycles. The summed E-state index contributed by atoms with van der Waals surface area (Å²) >= 11 is 8.77. The van der Waals surface area contributed by atoms with Crippen LogP contribution in [0.5, 0.6) is 0 Å². The maximum atomic E-state index is 13.8. The van der Waals surface area contributed by atoms with Gasteiger partial charge in [0.15, 0.2) is 5.16 Å². The number of fused-ring (bicyclic) bond motifs is 2. The van der Waals surface area contributed by atoms with Gasteiger partial charge in [-0.1, -0.05) is 47.6 Å². The van der Waals surface area contributed by atoms with Crippen molar-refractivity contribution in [3.8, 4) is 0 Å². The molecule has 0 radical (unpaired) electrons. The molecule has 5 rings (SSSR count). The molecule has 0 unspecified atom stereocenters. The second-order valence-corrected chi connectivity index (χ2v) is 11.0. The molecule has 36 heavy (non-hydrogen) atoms. The Labute approximate surface area is 221 Å². The molecule has 0 atom stereocenters. The number of aryl methyl sites for hydroxylation is 2. The van der Waals surface area contributed by atoms with Gasteiger partial charge in [0.05, 0.1) is 27.0 Å². The molecule has 0 fully saturated rings. The molecule has 0 saturated heterocycles. The molecule has 3 aromatic heterocycles. The van der Waals surface area contributed by atoms with Crippen molar-refractivity contribution in [1.82, 2.24) is 24.4 Å². The second kappa shape index (κ2) is 10.1. The van der Waals surface area contributed by atoms with E-state index in [0.29, 0.717) is 49.6 Å². The second-order valence-electron chi connectivity index (χ2n) is 8.65. The molecular formula is C26H24ClN5O2S2. The van der Waals surface area contributed by atoms with E-state index in [1.54, 1.807) is 18.7 Å². The lowest BCUT2D eigenvalue weighted by atomic mass is 10.1. The van der Waals surface area contributed by atoms with E-state index in [1.807, 2.05) is 55.5 Å². The van der Waals surface area contributed by atoms with Crippen LogP contribution in [0.4, 0.5) is 0 Å². The van der Waals surface area contributed by atoms with Crippen LogP contribution in [0.2, 0.25) is 5.02 Å². The van der Waals surface area contributed by atoms with Gasteiger partial charge in [-0.05, 0) is 48.7 Å². The number of rotatable bonds is 7. The lowest BCUT2D eigenvalue weighted by Crippen LogP contribution is -2.25. The summed E-state index contributed by atoms with van der Waals surface area (Å²) in [5.41, 5.74) is 3.49. The molecule has 5 aromatic rings. The van der Waals surface area contributed by atoms with Crippen LogP contribution in [0.3, 0.4) is 0 Å². The first-order valence-electron chi connectivity index (χ1n) is 11.4. The zero-order chi connectivity index (χ0) is 25.4. The normalized spacial score (nSPS) is 11.4. The number of H-pyrrole nitrogens is 1. The monoisotopic (exact) mass is 537 g/mol. The fourth-order valence-electron chi connectivity index (χ4n) is 4.01. The third-order valence-electron chi connectivity index (χ3n) is 5.93. The Balaban J connectivity index is 1.54. The average molecular weight is 538 g/mol. The Hall–Kier alpha value is -3.14. The van der Waals surface area contributed by atoms with Crippen molar-refractivity contribution in [2.75, 3.05) is 14.1 Å². The average Bonchev–Trinajstić information content (AvgIpc) is 3.43. The van der Waals surface area contributed by atoms with Gasteiger partial charge in [-0.25, -0.2) is 9.97 Å². The molecule has 3 heterocycles. The van der Waals surface area contributed by atoms with Crippen molar-refractivity contribution < 1.29 is 4.79 Å². The zero-order valence-electron chi connectivity index (χ0n) is 20.0. The maximum absolute atomic E-state index is 13.8. The number of carbonyl (C=O) groups is 1. The summed E-state index contributed by atoms with van der Waals surface area (Å²) in [6, 6.07) is 15.5. The summed E-state index contributed by atoms with van der Waals surface area (Å²) in [6.07, 6.45) is 0.648. The van der Waals surface area contributed by atoms with Crippen molar-refractivity contribution in [3.05, 3.63) is 85.7 Å². The van der Waals surface area contributed by atoms with E-state index in [1.165, 1.54) is 28.0 Å². The smallest absolute Gasteiger partial charge is 0.263 e. The number of thiophene rings is 1. The highest BCUT2D eigenvalue weighted by molar-refractivity contribution is 7.98. The highest BCUT2D eigenvalue weighted by Gasteiger charge is 2.23. The minimum atomic E-state index is -0.132. The molecule has 0 aliphatic heterocycles. The lowest BCUT2D eigenvalue weighted by molar-refractivity contribution is 0.0831. The molecule has 0 bridgehead atoms. The van der Waals surface area contributed by atoms with Crippen LogP contribution in [0.1, 0.15) is 26.6 Å². The molecule has 0 aliphatic carbocycles. The summed E-state index contributed by atoms with van der Waals surface area (Å²) in [4.78, 5) is 42.0. The predicted octanol–water partition coefficient (Wildman–Crippen LogP) is 5.53. The van der Waals surface area contributed by atoms with E-state index >= 15 is 0 Å². The van der Waals surface area contributed by atoms with Crippen LogP contribution in [-0.2, 0) is 18.7 Å². The van der Waals surface area contributed by atoms with Crippen LogP contribution >= 0.6 is 34.7 Å². The van der Waals surface area contributed by atoms with Gasteiger partial charge in [-0.3, -0.25) is 14.2 Å². The van der Waals surface area contributed by atoms with Crippen LogP contribution in [0.15, 0.2) is 58.5 Å². The minimum absolute atomic E-state index is 0.126. The highest BCUT2D eigenvalue weighted by Crippen LogP contribution is 2.31. The molecule has 1 N–H and O–H groups in total. The SMILES string of the molecule is Cc1c(C(=O)N(C)C)sc2nc(SCc3nc4ccccc4[nH]3)n(CCc3ccc(Cl)cc3)c(=O)c12. The lowest BCUT2D eigenvalue weighted by Gasteiger charge is -2.12. The number of nitrogens with one attached hydrogen (secondary N) is 1. The number of nitrogens with zero attached hydrogens (tertiary/aromatic N) is 4. The Morgan fingerprint density at radius 3 is 2.61 bits per heavy atom. The Morgan fingerprint density at radius 1 is 1.14 bits per heavy atom. The molecule has 10 heteroatoms. The minimum Gasteiger partial charge on any atom is -0.344 e. The molecule has 1 amide bonds. The zero-order valence-corrected chi connectivity index (χ0v) is 22.4. The third kappa shape index (κ3) is 4.78. The number of hydrogen-bond acceptors (Lipinski definition) is 6. The summed E-state index contributed by atoms with van der Waals surface area (Å²) in [7, 11) is 3.41. The summed E-state index contributed by atoms with van der Waals surface area (Å²) in [5, 5.41) is 1.79. The van der Waals surface area contributed by atoms with Crippen LogP contribution < -0.4 is 5.56 Å². The summed E-state index contributed by atoms with van der Waals surface area (Å²) in [6.45, 7) is 2.28. The van der Waals surface area contributed by atoms with Gasteiger partial charge >= 0.3 is 0 Å². The third-order valence-corrected chi connectivity index (χ3v) is 8.34. The van der Waals surface area contributed by atoms with E-state index in [-0.39, 0.29) is 11.5 Å². The number of aromatic nitrogens is 4. The van der Waals surface area contributed by atoms with Gasteiger partial charge in [0.2, 0.25) is 0 Å². The first-order chi connectivity index (χ1) is 17.3. The van der Waals surface area contributed by atoms with Crippen molar-refractivity contribution in [2.45, 2.75) is 30.8 Å². The fourth-order valence-corrected chi connectivity index (χ4v) is 6.28. The molecule has 184 valence electrons. The first kappa shape index (κ1) is 24.5. The van der Waals surface area contributed by atoms with E-state index in [0.717, 1.165) is 22.4 Å². The van der Waals surface area contributed by atoms with Crippen LogP contribution in [0, 0.1) is 6.92 Å². The van der Waals surface area contributed by atoms with Gasteiger partial charge in [0.1, 0.15) is 10.7 Å². The number of aromatic amines is 1. The predicted molar refractivity (Wildman–Crippen MR) is 147 cm³/mol. The summed E-state index contributed by atoms with van der Waals surface area (Å²) < 4.78 is 1.72. The summed E-state index contributed by atoms with van der Waals surface area (Å²) in [5.74, 6) is 1.21. The Morgan fingerprint density at radius 2 is 1.89 bits per heavy atom. The molecule has 0 aliphatic rings. The topological polar surface area (TPSA) is 83.9 Å². The molecule has 0 spiro atoms. The van der Waals surface area contributed by atoms with Crippen molar-refractivity contribution >= 4 is 61.9 Å². The largest absolute Gasteiger partial charge is 0.344 e. The van der Waals surface area contributed by atoms with Crippen molar-refractivity contribution in [1.29, 1.82) is 0 Å². The van der Waals surface area contributed by atoms with Gasteiger partial charge in [0.25, 0.3) is 11.5 Å². The van der Waals surface area contributed by atoms with Crippen LogP contribution in [-0.4, -0.2) is 44.4 Å². The number of thioether (sulfide) groups is 1. The number of hydrogen-bond donors (Lipinski definition) is 1. The van der Waals surface area contributed by atoms with E-state index in [9.17, 15) is 9.59 Å². The van der Waals surface area contributed by atoms with Crippen molar-refractivity contribution in [2.24, 2.45) is 0 Å². The van der Waals surface area contributed by atoms with E-state index < -0.39 is 0 Å². The number of benzene rings is 2. The molecule has 0 saturated carbocycles. The number of carbonyl (C=O) groups excluding carboxylic acids is 1. The highest BCUT2D eigenvalue weighted by atomic mass is 35.5. The van der Waals surface area contributed by atoms with Crippen molar-refractivity contribution in [3.63, 3.8) is 0 Å². The van der Waals surface area contributed by atoms with Gasteiger partial charge < -0.3 is 9.88 Å². The molecule has 7 nitrogen and oxygen atoms in total. The molecular weight excluding hydrogens is 514 g/mol. The first-order valence-corrected chi connectivity index (χ1v) is 13.6. The quantitative estimate of drug-likeness (QED) is 0.218. The van der Waals surface area contributed by atoms with Gasteiger partial charge in [-0.2, -0.15) is 0 Å². The number of imidazole rings is 1. The number of amides is 1. The standard InChI is InChI=1S/C26H24ClN5O2S2/c1-15-21-23(36-22(15)25(34)31(2)3)30-26(35-14-20-28-18-6-4-5-7-19(18)29-20)32(24(21)33)13-12-16-8-10-17(27)11-9-16/h4-11H,12-14H2,1-3H3,(H,28,29).